The van der Waals surface area contributed by atoms with E-state index in [9.17, 15) is 33.5 Å². The van der Waals surface area contributed by atoms with Crippen molar-refractivity contribution in [2.45, 2.75) is 9.79 Å². The molecule has 0 aliphatic carbocycles. The summed E-state index contributed by atoms with van der Waals surface area (Å²) in [5, 5.41) is 30.5. The van der Waals surface area contributed by atoms with Gasteiger partial charge in [0.05, 0.1) is 21.8 Å². The number of phenols is 2. The minimum atomic E-state index is -4.40. The van der Waals surface area contributed by atoms with Crippen molar-refractivity contribution in [3.8, 4) is 11.5 Å². The zero-order chi connectivity index (χ0) is 18.1. The van der Waals surface area contributed by atoms with Crippen LogP contribution in [0.5, 0.6) is 11.5 Å². The summed E-state index contributed by atoms with van der Waals surface area (Å²) in [6, 6.07) is 7.38. The summed E-state index contributed by atoms with van der Waals surface area (Å²) in [6.07, 6.45) is 0. The fraction of sp³-hybridized carbons (Fsp3) is 0.0714. The van der Waals surface area contributed by atoms with Crippen molar-refractivity contribution in [2.75, 3.05) is 7.11 Å². The Hall–Kier alpha value is -3.14. The van der Waals surface area contributed by atoms with Crippen molar-refractivity contribution in [3.63, 3.8) is 0 Å². The number of hydrogen-bond donors (Lipinski definition) is 2. The zero-order valence-corrected chi connectivity index (χ0v) is 13.0. The fourth-order valence-corrected chi connectivity index (χ4v) is 3.52. The van der Waals surface area contributed by atoms with Gasteiger partial charge < -0.3 is 14.9 Å². The molecular formula is C14H11NO8S. The van der Waals surface area contributed by atoms with Gasteiger partial charge in [0.25, 0.3) is 0 Å². The topological polar surface area (TPSA) is 144 Å². The summed E-state index contributed by atoms with van der Waals surface area (Å²) in [5.41, 5.74) is -2.22. The van der Waals surface area contributed by atoms with Gasteiger partial charge in [-0.2, -0.15) is 0 Å². The average molecular weight is 353 g/mol. The molecule has 126 valence electrons. The van der Waals surface area contributed by atoms with E-state index in [-0.39, 0.29) is 4.90 Å². The second kappa shape index (κ2) is 6.16. The van der Waals surface area contributed by atoms with Gasteiger partial charge in [0.1, 0.15) is 0 Å². The largest absolute Gasteiger partial charge is 0.504 e. The molecule has 0 bridgehead atoms. The number of phenolic OH excluding ortho intramolecular Hbond substituents is 2. The van der Waals surface area contributed by atoms with Crippen LogP contribution in [0.25, 0.3) is 0 Å². The van der Waals surface area contributed by atoms with Gasteiger partial charge in [0, 0.05) is 6.07 Å². The summed E-state index contributed by atoms with van der Waals surface area (Å²) in [5.74, 6) is -3.62. The van der Waals surface area contributed by atoms with Crippen molar-refractivity contribution >= 4 is 21.5 Å². The molecule has 0 fully saturated rings. The van der Waals surface area contributed by atoms with Gasteiger partial charge in [0.15, 0.2) is 11.3 Å². The summed E-state index contributed by atoms with van der Waals surface area (Å²) >= 11 is 0. The molecule has 0 atom stereocenters. The normalized spacial score (nSPS) is 11.0. The van der Waals surface area contributed by atoms with Crippen LogP contribution in [-0.4, -0.2) is 36.6 Å². The summed E-state index contributed by atoms with van der Waals surface area (Å²) in [4.78, 5) is 20.8. The number of hydrogen-bond acceptors (Lipinski definition) is 8. The van der Waals surface area contributed by atoms with E-state index in [1.54, 1.807) is 6.07 Å². The number of aromatic hydroxyl groups is 2. The maximum atomic E-state index is 12.7. The van der Waals surface area contributed by atoms with E-state index in [1.807, 2.05) is 0 Å². The standard InChI is InChI=1S/C14H11NO8S/c1-23-14(18)11-10(7-9(16)13(17)12(11)15(19)20)24(21,22)8-5-3-2-4-6-8/h2-7,16-17H,1H3. The number of nitro groups is 1. The molecule has 0 amide bonds. The molecule has 0 saturated heterocycles. The molecule has 2 N–H and O–H groups in total. The van der Waals surface area contributed by atoms with E-state index >= 15 is 0 Å². The van der Waals surface area contributed by atoms with Gasteiger partial charge in [-0.05, 0) is 12.1 Å². The molecule has 2 rings (SSSR count). The van der Waals surface area contributed by atoms with Crippen molar-refractivity contribution in [3.05, 3.63) is 52.1 Å². The van der Waals surface area contributed by atoms with Crippen molar-refractivity contribution in [1.82, 2.24) is 0 Å². The molecule has 0 aromatic heterocycles. The van der Waals surface area contributed by atoms with Crippen LogP contribution >= 0.6 is 0 Å². The monoisotopic (exact) mass is 353 g/mol. The first-order valence-corrected chi connectivity index (χ1v) is 7.82. The number of rotatable bonds is 4. The fourth-order valence-electron chi connectivity index (χ4n) is 2.04. The highest BCUT2D eigenvalue weighted by Crippen LogP contribution is 2.43. The van der Waals surface area contributed by atoms with Crippen molar-refractivity contribution in [1.29, 1.82) is 0 Å². The third kappa shape index (κ3) is 2.74. The van der Waals surface area contributed by atoms with Gasteiger partial charge in [0.2, 0.25) is 15.6 Å². The molecule has 2 aromatic rings. The van der Waals surface area contributed by atoms with E-state index < -0.39 is 48.4 Å². The first-order valence-electron chi connectivity index (χ1n) is 6.33. The number of methoxy groups -OCH3 is 1. The molecule has 0 unspecified atom stereocenters. The molecular weight excluding hydrogens is 342 g/mol. The smallest absolute Gasteiger partial charge is 0.346 e. The SMILES string of the molecule is COC(=O)c1c(S(=O)(=O)c2ccccc2)cc(O)c(O)c1[N+](=O)[O-]. The number of nitro benzene ring substituents is 1. The van der Waals surface area contributed by atoms with Crippen LogP contribution in [0.1, 0.15) is 10.4 Å². The third-order valence-electron chi connectivity index (χ3n) is 3.13. The quantitative estimate of drug-likeness (QED) is 0.365. The molecule has 0 spiro atoms. The van der Waals surface area contributed by atoms with Crippen LogP contribution < -0.4 is 0 Å². The number of nitrogens with zero attached hydrogens (tertiary/aromatic N) is 1. The first kappa shape index (κ1) is 17.2. The maximum absolute atomic E-state index is 12.7. The lowest BCUT2D eigenvalue weighted by molar-refractivity contribution is -0.386. The molecule has 0 heterocycles. The van der Waals surface area contributed by atoms with E-state index in [2.05, 4.69) is 4.74 Å². The van der Waals surface area contributed by atoms with Crippen molar-refractivity contribution in [2.24, 2.45) is 0 Å². The number of carbonyl (C=O) groups is 1. The van der Waals surface area contributed by atoms with Gasteiger partial charge in [-0.15, -0.1) is 0 Å². The average Bonchev–Trinajstić information content (AvgIpc) is 2.56. The molecule has 9 nitrogen and oxygen atoms in total. The lowest BCUT2D eigenvalue weighted by Crippen LogP contribution is -2.14. The lowest BCUT2D eigenvalue weighted by atomic mass is 10.1. The number of esters is 1. The molecule has 0 aliphatic rings. The van der Waals surface area contributed by atoms with E-state index in [4.69, 9.17) is 0 Å². The zero-order valence-electron chi connectivity index (χ0n) is 12.2. The van der Waals surface area contributed by atoms with Crippen LogP contribution in [-0.2, 0) is 14.6 Å². The first-order chi connectivity index (χ1) is 11.2. The maximum Gasteiger partial charge on any atom is 0.346 e. The van der Waals surface area contributed by atoms with Crippen LogP contribution in [0.3, 0.4) is 0 Å². The second-order valence-electron chi connectivity index (χ2n) is 4.53. The summed E-state index contributed by atoms with van der Waals surface area (Å²) in [6.45, 7) is 0. The minimum absolute atomic E-state index is 0.255. The van der Waals surface area contributed by atoms with Gasteiger partial charge in [-0.1, -0.05) is 18.2 Å². The Morgan fingerprint density at radius 3 is 2.29 bits per heavy atom. The summed E-state index contributed by atoms with van der Waals surface area (Å²) < 4.78 is 29.8. The summed E-state index contributed by atoms with van der Waals surface area (Å²) in [7, 11) is -3.50. The van der Waals surface area contributed by atoms with E-state index in [0.29, 0.717) is 6.07 Å². The van der Waals surface area contributed by atoms with E-state index in [1.165, 1.54) is 24.3 Å². The highest BCUT2D eigenvalue weighted by Gasteiger charge is 2.37. The Bertz CT molecular complexity index is 922. The van der Waals surface area contributed by atoms with Gasteiger partial charge >= 0.3 is 11.7 Å². The second-order valence-corrected chi connectivity index (χ2v) is 6.45. The van der Waals surface area contributed by atoms with E-state index in [0.717, 1.165) is 7.11 Å². The lowest BCUT2D eigenvalue weighted by Gasteiger charge is -2.11. The van der Waals surface area contributed by atoms with Gasteiger partial charge in [-0.3, -0.25) is 10.1 Å². The number of sulfone groups is 1. The molecule has 0 saturated carbocycles. The van der Waals surface area contributed by atoms with Crippen LogP contribution in [0.2, 0.25) is 0 Å². The predicted octanol–water partition coefficient (Wildman–Crippen LogP) is 1.63. The number of carbonyl (C=O) groups excluding carboxylic acids is 1. The Morgan fingerprint density at radius 1 is 1.21 bits per heavy atom. The Balaban J connectivity index is 2.94. The van der Waals surface area contributed by atoms with Crippen LogP contribution in [0.4, 0.5) is 5.69 Å². The molecule has 24 heavy (non-hydrogen) atoms. The molecule has 0 radical (unpaired) electrons. The number of ether oxygens (including phenoxy) is 1. The molecule has 0 aliphatic heterocycles. The highest BCUT2D eigenvalue weighted by molar-refractivity contribution is 7.91. The third-order valence-corrected chi connectivity index (χ3v) is 4.93. The highest BCUT2D eigenvalue weighted by atomic mass is 32.2. The van der Waals surface area contributed by atoms with Crippen LogP contribution in [0.15, 0.2) is 46.2 Å². The molecule has 10 heteroatoms. The number of benzene rings is 2. The Morgan fingerprint density at radius 2 is 1.79 bits per heavy atom. The Labute approximate surface area is 135 Å². The van der Waals surface area contributed by atoms with Crippen molar-refractivity contribution < 1.29 is 33.1 Å². The molecule has 2 aromatic carbocycles. The Kier molecular flexibility index (Phi) is 4.42. The van der Waals surface area contributed by atoms with Gasteiger partial charge in [-0.25, -0.2) is 13.2 Å². The minimum Gasteiger partial charge on any atom is -0.504 e. The predicted molar refractivity (Wildman–Crippen MR) is 79.7 cm³/mol. The van der Waals surface area contributed by atoms with Crippen LogP contribution in [0, 0.1) is 10.1 Å².